The van der Waals surface area contributed by atoms with Crippen LogP contribution in [0.5, 0.6) is 0 Å². The lowest BCUT2D eigenvalue weighted by Gasteiger charge is -1.76. The van der Waals surface area contributed by atoms with Gasteiger partial charge in [-0.05, 0) is 25.9 Å². The molecule has 1 saturated heterocycles. The molecule has 0 aromatic heterocycles. The zero-order valence-corrected chi connectivity index (χ0v) is 4.48. The van der Waals surface area contributed by atoms with E-state index in [0.29, 0.717) is 0 Å². The molecule has 0 unspecified atom stereocenters. The van der Waals surface area contributed by atoms with E-state index in [-0.39, 0.29) is 0 Å². The molecule has 1 aliphatic rings. The lowest BCUT2D eigenvalue weighted by atomic mass is 10.4. The van der Waals surface area contributed by atoms with E-state index in [0.717, 1.165) is 0 Å². The molecule has 0 bridgehead atoms. The number of hydrogen-bond acceptors (Lipinski definition) is 3. The summed E-state index contributed by atoms with van der Waals surface area (Å²) in [7, 11) is 0. The van der Waals surface area contributed by atoms with Crippen LogP contribution in [0, 0.1) is 0 Å². The first-order chi connectivity index (χ1) is 3.50. The Balaban J connectivity index is 0.000000162. The maximum atomic E-state index is 4.00. The molecule has 1 fully saturated rings. The highest BCUT2D eigenvalue weighted by molar-refractivity contribution is 4.55. The third kappa shape index (κ3) is 3.72. The third-order valence-electron chi connectivity index (χ3n) is 0.957. The first-order valence-electron chi connectivity index (χ1n) is 2.54. The van der Waals surface area contributed by atoms with Crippen molar-refractivity contribution in [1.29, 1.82) is 0 Å². The summed E-state index contributed by atoms with van der Waals surface area (Å²) >= 11 is 0. The van der Waals surface area contributed by atoms with Crippen molar-refractivity contribution in [3.63, 3.8) is 0 Å². The summed E-state index contributed by atoms with van der Waals surface area (Å²) < 4.78 is 0. The molecule has 0 spiro atoms. The van der Waals surface area contributed by atoms with Crippen molar-refractivity contribution in [2.75, 3.05) is 13.1 Å². The van der Waals surface area contributed by atoms with Crippen LogP contribution < -0.4 is 17.0 Å². The van der Waals surface area contributed by atoms with Crippen molar-refractivity contribution < 1.29 is 0 Å². The van der Waals surface area contributed by atoms with Crippen LogP contribution in [0.2, 0.25) is 0 Å². The molecule has 0 aromatic carbocycles. The second kappa shape index (κ2) is 5.88. The summed E-state index contributed by atoms with van der Waals surface area (Å²) in [5, 5.41) is 3.22. The van der Waals surface area contributed by atoms with Gasteiger partial charge in [0.1, 0.15) is 0 Å². The van der Waals surface area contributed by atoms with Gasteiger partial charge in [-0.3, -0.25) is 11.7 Å². The van der Waals surface area contributed by atoms with Gasteiger partial charge in [0, 0.05) is 0 Å². The van der Waals surface area contributed by atoms with Crippen LogP contribution in [0.3, 0.4) is 0 Å². The summed E-state index contributed by atoms with van der Waals surface area (Å²) in [6, 6.07) is 0. The third-order valence-corrected chi connectivity index (χ3v) is 0.957. The highest BCUT2D eigenvalue weighted by Crippen LogP contribution is 1.90. The number of nitrogens with one attached hydrogen (secondary N) is 1. The number of rotatable bonds is 0. The average molecular weight is 103 g/mol. The van der Waals surface area contributed by atoms with E-state index in [9.17, 15) is 0 Å². The Morgan fingerprint density at radius 2 is 1.43 bits per heavy atom. The fourth-order valence-electron chi connectivity index (χ4n) is 0.625. The molecule has 5 N–H and O–H groups in total. The Kier molecular flexibility index (Phi) is 5.78. The van der Waals surface area contributed by atoms with Crippen LogP contribution >= 0.6 is 0 Å². The van der Waals surface area contributed by atoms with E-state index in [1.165, 1.54) is 25.9 Å². The second-order valence-corrected chi connectivity index (χ2v) is 1.46. The Hall–Kier alpha value is -0.120. The molecule has 3 nitrogen and oxygen atoms in total. The molecule has 0 saturated carbocycles. The molecule has 44 valence electrons. The summed E-state index contributed by atoms with van der Waals surface area (Å²) in [6.07, 6.45) is 2.78. The van der Waals surface area contributed by atoms with E-state index < -0.39 is 0 Å². The molecular formula is C4H13N3. The Morgan fingerprint density at radius 1 is 1.00 bits per heavy atom. The highest BCUT2D eigenvalue weighted by atomic mass is 15.0. The van der Waals surface area contributed by atoms with Gasteiger partial charge in [0.2, 0.25) is 0 Å². The normalized spacial score (nSPS) is 18.0. The van der Waals surface area contributed by atoms with Crippen molar-refractivity contribution in [1.82, 2.24) is 5.32 Å². The monoisotopic (exact) mass is 103 g/mol. The highest BCUT2D eigenvalue weighted by Gasteiger charge is 1.93. The summed E-state index contributed by atoms with van der Waals surface area (Å²) in [5.74, 6) is 8.00. The van der Waals surface area contributed by atoms with E-state index in [2.05, 4.69) is 17.0 Å². The molecule has 1 rings (SSSR count). The molecule has 1 heterocycles. The Labute approximate surface area is 44.0 Å². The zero-order valence-electron chi connectivity index (χ0n) is 4.48. The first kappa shape index (κ1) is 6.88. The SMILES string of the molecule is C1CCNC1.NN. The van der Waals surface area contributed by atoms with E-state index in [1.807, 2.05) is 0 Å². The van der Waals surface area contributed by atoms with Crippen molar-refractivity contribution in [3.05, 3.63) is 0 Å². The van der Waals surface area contributed by atoms with Crippen LogP contribution in [0.25, 0.3) is 0 Å². The minimum absolute atomic E-state index is 1.25. The van der Waals surface area contributed by atoms with E-state index in [1.54, 1.807) is 0 Å². The van der Waals surface area contributed by atoms with Crippen LogP contribution in [-0.4, -0.2) is 13.1 Å². The van der Waals surface area contributed by atoms with Crippen LogP contribution in [0.15, 0.2) is 0 Å². The lowest BCUT2D eigenvalue weighted by molar-refractivity contribution is 0.857. The molecule has 0 atom stereocenters. The minimum atomic E-state index is 1.25. The van der Waals surface area contributed by atoms with Crippen molar-refractivity contribution in [2.24, 2.45) is 11.7 Å². The standard InChI is InChI=1S/C4H9N.H4N2/c1-2-4-5-3-1;1-2/h5H,1-4H2;1-2H2. The Morgan fingerprint density at radius 3 is 1.57 bits per heavy atom. The fourth-order valence-corrected chi connectivity index (χ4v) is 0.625. The molecule has 0 amide bonds. The lowest BCUT2D eigenvalue weighted by Crippen LogP contribution is -2.03. The van der Waals surface area contributed by atoms with Crippen molar-refractivity contribution in [2.45, 2.75) is 12.8 Å². The first-order valence-corrected chi connectivity index (χ1v) is 2.54. The van der Waals surface area contributed by atoms with Gasteiger partial charge in [-0.25, -0.2) is 0 Å². The predicted octanol–water partition coefficient (Wildman–Crippen LogP) is -0.811. The largest absolute Gasteiger partial charge is 0.317 e. The predicted molar refractivity (Wildman–Crippen MR) is 30.5 cm³/mol. The van der Waals surface area contributed by atoms with Crippen molar-refractivity contribution >= 4 is 0 Å². The van der Waals surface area contributed by atoms with Gasteiger partial charge in [-0.2, -0.15) is 0 Å². The van der Waals surface area contributed by atoms with Crippen LogP contribution in [-0.2, 0) is 0 Å². The number of nitrogens with two attached hydrogens (primary N) is 2. The van der Waals surface area contributed by atoms with Gasteiger partial charge in [-0.15, -0.1) is 0 Å². The average Bonchev–Trinajstić information content (AvgIpc) is 2.23. The van der Waals surface area contributed by atoms with Gasteiger partial charge >= 0.3 is 0 Å². The molecular weight excluding hydrogens is 90.1 g/mol. The summed E-state index contributed by atoms with van der Waals surface area (Å²) in [4.78, 5) is 0. The van der Waals surface area contributed by atoms with E-state index >= 15 is 0 Å². The van der Waals surface area contributed by atoms with Crippen LogP contribution in [0.4, 0.5) is 0 Å². The van der Waals surface area contributed by atoms with Gasteiger partial charge in [0.25, 0.3) is 0 Å². The number of hydrogen-bond donors (Lipinski definition) is 3. The molecule has 0 radical (unpaired) electrons. The Bertz CT molecular complexity index is 18.5. The van der Waals surface area contributed by atoms with Gasteiger partial charge in [0.15, 0.2) is 0 Å². The maximum Gasteiger partial charge on any atom is -0.00484 e. The van der Waals surface area contributed by atoms with Gasteiger partial charge in [0.05, 0.1) is 0 Å². The summed E-state index contributed by atoms with van der Waals surface area (Å²) in [6.45, 7) is 2.50. The van der Waals surface area contributed by atoms with Crippen molar-refractivity contribution in [3.8, 4) is 0 Å². The topological polar surface area (TPSA) is 64.1 Å². The quantitative estimate of drug-likeness (QED) is 0.277. The smallest absolute Gasteiger partial charge is 0.00484 e. The van der Waals surface area contributed by atoms with Crippen LogP contribution in [0.1, 0.15) is 12.8 Å². The zero-order chi connectivity index (χ0) is 5.54. The fraction of sp³-hybridized carbons (Fsp3) is 1.00. The second-order valence-electron chi connectivity index (χ2n) is 1.46. The molecule has 3 heteroatoms. The summed E-state index contributed by atoms with van der Waals surface area (Å²) in [5.41, 5.74) is 0. The molecule has 1 aliphatic heterocycles. The molecule has 7 heavy (non-hydrogen) atoms. The minimum Gasteiger partial charge on any atom is -0.317 e. The van der Waals surface area contributed by atoms with Gasteiger partial charge < -0.3 is 5.32 Å². The maximum absolute atomic E-state index is 4.00. The van der Waals surface area contributed by atoms with E-state index in [4.69, 9.17) is 0 Å². The number of hydrazine groups is 1. The van der Waals surface area contributed by atoms with Gasteiger partial charge in [-0.1, -0.05) is 0 Å². The molecule has 0 aliphatic carbocycles. The molecule has 0 aromatic rings.